The van der Waals surface area contributed by atoms with Gasteiger partial charge in [-0.25, -0.2) is 0 Å². The Labute approximate surface area is 181 Å². The Morgan fingerprint density at radius 2 is 1.68 bits per heavy atom. The largest absolute Gasteiger partial charge is 0.489 e. The normalized spacial score (nSPS) is 10.5. The van der Waals surface area contributed by atoms with Crippen LogP contribution in [0.2, 0.25) is 0 Å². The number of ether oxygens (including phenoxy) is 1. The van der Waals surface area contributed by atoms with Gasteiger partial charge in [0.2, 0.25) is 0 Å². The minimum atomic E-state index is -0.717. The van der Waals surface area contributed by atoms with Crippen LogP contribution in [0.5, 0.6) is 5.75 Å². The molecule has 31 heavy (non-hydrogen) atoms. The summed E-state index contributed by atoms with van der Waals surface area (Å²) in [6.07, 6.45) is 0. The first-order valence-corrected chi connectivity index (χ1v) is 10.1. The molecule has 0 bridgehead atoms. The number of hydrogen-bond donors (Lipinski definition) is 1. The van der Waals surface area contributed by atoms with E-state index in [1.807, 2.05) is 32.0 Å². The zero-order valence-corrected chi connectivity index (χ0v) is 17.8. The Morgan fingerprint density at radius 3 is 2.26 bits per heavy atom. The highest BCUT2D eigenvalue weighted by atomic mass is 32.1. The van der Waals surface area contributed by atoms with E-state index in [1.165, 1.54) is 18.3 Å². The number of nitrogens with zero attached hydrogens (tertiary/aromatic N) is 2. The van der Waals surface area contributed by atoms with Gasteiger partial charge in [-0.1, -0.05) is 17.7 Å². The zero-order chi connectivity index (χ0) is 22.7. The Bertz CT molecular complexity index is 1150. The summed E-state index contributed by atoms with van der Waals surface area (Å²) in [5.41, 5.74) is 1.98. The number of carbonyl (C=O) groups excluding carboxylic acids is 1. The summed E-state index contributed by atoms with van der Waals surface area (Å²) in [7, 11) is 0. The lowest BCUT2D eigenvalue weighted by Gasteiger charge is -2.08. The number of nitrogens with one attached hydrogen (secondary N) is 1. The minimum absolute atomic E-state index is 0.0181. The van der Waals surface area contributed by atoms with E-state index in [-0.39, 0.29) is 17.9 Å². The number of benzene rings is 2. The van der Waals surface area contributed by atoms with Crippen molar-refractivity contribution in [2.45, 2.75) is 27.4 Å². The van der Waals surface area contributed by atoms with Crippen LogP contribution in [0.3, 0.4) is 0 Å². The maximum Gasteiger partial charge on any atom is 0.281 e. The molecule has 10 heteroatoms. The number of amides is 1. The summed E-state index contributed by atoms with van der Waals surface area (Å²) in [6.45, 7) is 5.52. The van der Waals surface area contributed by atoms with Crippen LogP contribution in [0.15, 0.2) is 41.8 Å². The summed E-state index contributed by atoms with van der Waals surface area (Å²) in [5.74, 6) is 0.234. The van der Waals surface area contributed by atoms with Crippen LogP contribution in [-0.2, 0) is 6.61 Å². The van der Waals surface area contributed by atoms with Crippen molar-refractivity contribution in [1.82, 2.24) is 0 Å². The summed E-state index contributed by atoms with van der Waals surface area (Å²) < 4.78 is 5.81. The molecule has 1 N–H and O–H groups in total. The second-order valence-corrected chi connectivity index (χ2v) is 7.90. The summed E-state index contributed by atoms with van der Waals surface area (Å²) in [4.78, 5) is 33.9. The lowest BCUT2D eigenvalue weighted by molar-refractivity contribution is -0.395. The molecule has 0 radical (unpaired) electrons. The zero-order valence-electron chi connectivity index (χ0n) is 17.0. The van der Waals surface area contributed by atoms with Crippen LogP contribution in [0.4, 0.5) is 17.1 Å². The average Bonchev–Trinajstić information content (AvgIpc) is 3.17. The van der Waals surface area contributed by atoms with Crippen LogP contribution in [0, 0.1) is 41.0 Å². The van der Waals surface area contributed by atoms with Crippen molar-refractivity contribution in [3.63, 3.8) is 0 Å². The smallest absolute Gasteiger partial charge is 0.281 e. The molecule has 0 aliphatic heterocycles. The van der Waals surface area contributed by atoms with E-state index in [4.69, 9.17) is 4.74 Å². The highest BCUT2D eigenvalue weighted by Gasteiger charge is 2.24. The number of aryl methyl sites for hydroxylation is 2. The van der Waals surface area contributed by atoms with Gasteiger partial charge in [0.15, 0.2) is 0 Å². The number of hydrogen-bond acceptors (Lipinski definition) is 7. The highest BCUT2D eigenvalue weighted by Crippen LogP contribution is 2.32. The van der Waals surface area contributed by atoms with E-state index in [9.17, 15) is 25.0 Å². The number of thiophene rings is 1. The van der Waals surface area contributed by atoms with E-state index in [2.05, 4.69) is 5.32 Å². The van der Waals surface area contributed by atoms with Gasteiger partial charge in [0.1, 0.15) is 17.9 Å². The number of rotatable bonds is 7. The van der Waals surface area contributed by atoms with Crippen molar-refractivity contribution in [2.24, 2.45) is 0 Å². The van der Waals surface area contributed by atoms with Crippen molar-refractivity contribution >= 4 is 34.3 Å². The third-order valence-electron chi connectivity index (χ3n) is 4.61. The van der Waals surface area contributed by atoms with Gasteiger partial charge in [-0.3, -0.25) is 25.0 Å². The van der Waals surface area contributed by atoms with Crippen molar-refractivity contribution in [1.29, 1.82) is 0 Å². The topological polar surface area (TPSA) is 125 Å². The minimum Gasteiger partial charge on any atom is -0.489 e. The first kappa shape index (κ1) is 21.9. The Balaban J connectivity index is 1.74. The van der Waals surface area contributed by atoms with E-state index in [0.29, 0.717) is 4.88 Å². The van der Waals surface area contributed by atoms with Crippen molar-refractivity contribution in [3.8, 4) is 5.75 Å². The fraction of sp³-hybridized carbons (Fsp3) is 0.190. The summed E-state index contributed by atoms with van der Waals surface area (Å²) >= 11 is 1.18. The molecule has 1 aromatic heterocycles. The van der Waals surface area contributed by atoms with Crippen LogP contribution in [0.1, 0.15) is 31.9 Å². The average molecular weight is 441 g/mol. The molecule has 3 rings (SSSR count). The molecule has 160 valence electrons. The Morgan fingerprint density at radius 1 is 1.03 bits per heavy atom. The SMILES string of the molecule is Cc1ccc(OCc2csc(C(=O)Nc3cc([N+](=O)[O-])c(C)c([N+](=O)[O-])c3)c2)c(C)c1. The predicted molar refractivity (Wildman–Crippen MR) is 117 cm³/mol. The molecule has 0 unspecified atom stereocenters. The molecule has 0 spiro atoms. The van der Waals surface area contributed by atoms with Gasteiger partial charge < -0.3 is 10.1 Å². The molecule has 2 aromatic carbocycles. The molecule has 0 saturated heterocycles. The molecule has 0 aliphatic rings. The first-order chi connectivity index (χ1) is 14.7. The lowest BCUT2D eigenvalue weighted by atomic mass is 10.1. The monoisotopic (exact) mass is 441 g/mol. The van der Waals surface area contributed by atoms with Crippen molar-refractivity contribution in [3.05, 3.63) is 89.1 Å². The maximum atomic E-state index is 12.6. The van der Waals surface area contributed by atoms with Crippen LogP contribution in [-0.4, -0.2) is 15.8 Å². The molecular formula is C21H19N3O6S. The third-order valence-corrected chi connectivity index (χ3v) is 5.58. The van der Waals surface area contributed by atoms with Gasteiger partial charge in [0.05, 0.1) is 20.4 Å². The maximum absolute atomic E-state index is 12.6. The summed E-state index contributed by atoms with van der Waals surface area (Å²) in [6, 6.07) is 9.73. The quantitative estimate of drug-likeness (QED) is 0.391. The van der Waals surface area contributed by atoms with Gasteiger partial charge in [0.25, 0.3) is 17.3 Å². The van der Waals surface area contributed by atoms with E-state index < -0.39 is 27.1 Å². The van der Waals surface area contributed by atoms with Gasteiger partial charge in [-0.15, -0.1) is 11.3 Å². The summed E-state index contributed by atoms with van der Waals surface area (Å²) in [5, 5.41) is 26.7. The molecule has 3 aromatic rings. The number of nitro groups is 2. The second kappa shape index (κ2) is 8.92. The van der Waals surface area contributed by atoms with E-state index >= 15 is 0 Å². The van der Waals surface area contributed by atoms with Crippen LogP contribution >= 0.6 is 11.3 Å². The van der Waals surface area contributed by atoms with Crippen molar-refractivity contribution < 1.29 is 19.4 Å². The molecule has 0 fully saturated rings. The second-order valence-electron chi connectivity index (χ2n) is 6.98. The van der Waals surface area contributed by atoms with E-state index in [1.54, 1.807) is 11.4 Å². The molecule has 9 nitrogen and oxygen atoms in total. The molecule has 0 atom stereocenters. The van der Waals surface area contributed by atoms with Crippen LogP contribution in [0.25, 0.3) is 0 Å². The lowest BCUT2D eigenvalue weighted by Crippen LogP contribution is -2.11. The molecule has 1 heterocycles. The number of nitro benzene ring substituents is 2. The first-order valence-electron chi connectivity index (χ1n) is 9.18. The van der Waals surface area contributed by atoms with Gasteiger partial charge >= 0.3 is 0 Å². The highest BCUT2D eigenvalue weighted by molar-refractivity contribution is 7.12. The molecule has 1 amide bonds. The van der Waals surface area contributed by atoms with Gasteiger partial charge in [-0.2, -0.15) is 0 Å². The molecule has 0 aliphatic carbocycles. The standard InChI is InChI=1S/C21H19N3O6S/c1-12-4-5-19(13(2)6-12)30-10-15-7-20(31-11-15)21(25)22-16-8-17(23(26)27)14(3)18(9-16)24(28)29/h4-9,11H,10H2,1-3H3,(H,22,25). The Hall–Kier alpha value is -3.79. The third kappa shape index (κ3) is 5.04. The van der Waals surface area contributed by atoms with Gasteiger partial charge in [-0.05, 0) is 43.8 Å². The predicted octanol–water partition coefficient (Wildman–Crippen LogP) is 5.32. The fourth-order valence-electron chi connectivity index (χ4n) is 3.02. The molecular weight excluding hydrogens is 422 g/mol. The van der Waals surface area contributed by atoms with E-state index in [0.717, 1.165) is 34.6 Å². The number of anilines is 1. The van der Waals surface area contributed by atoms with Gasteiger partial charge in [0, 0.05) is 17.7 Å². The number of carbonyl (C=O) groups is 1. The Kier molecular flexibility index (Phi) is 6.30. The fourth-order valence-corrected chi connectivity index (χ4v) is 3.81. The van der Waals surface area contributed by atoms with Crippen LogP contribution < -0.4 is 10.1 Å². The molecule has 0 saturated carbocycles. The van der Waals surface area contributed by atoms with Crippen molar-refractivity contribution in [2.75, 3.05) is 5.32 Å².